The number of aromatic nitrogens is 1. The van der Waals surface area contributed by atoms with Crippen LogP contribution in [-0.4, -0.2) is 32.0 Å². The number of aryl methyl sites for hydroxylation is 2. The predicted octanol–water partition coefficient (Wildman–Crippen LogP) is 1.83. The molecule has 1 aromatic carbocycles. The zero-order chi connectivity index (χ0) is 16.3. The van der Waals surface area contributed by atoms with Crippen molar-refractivity contribution in [2.75, 3.05) is 14.1 Å². The van der Waals surface area contributed by atoms with Crippen LogP contribution in [0.2, 0.25) is 0 Å². The molecule has 0 atom stereocenters. The molecule has 0 radical (unpaired) electrons. The topological polar surface area (TPSA) is 75.4 Å². The van der Waals surface area contributed by atoms with Crippen molar-refractivity contribution in [1.29, 1.82) is 0 Å². The Hall–Kier alpha value is -1.70. The lowest BCUT2D eigenvalue weighted by Gasteiger charge is -2.11. The molecule has 1 N–H and O–H groups in total. The van der Waals surface area contributed by atoms with Crippen molar-refractivity contribution in [2.45, 2.75) is 31.8 Å². The van der Waals surface area contributed by atoms with E-state index in [1.807, 2.05) is 26.0 Å². The molecule has 0 aliphatic rings. The summed E-state index contributed by atoms with van der Waals surface area (Å²) in [7, 11) is -0.324. The Kier molecular flexibility index (Phi) is 5.00. The van der Waals surface area contributed by atoms with Crippen molar-refractivity contribution in [1.82, 2.24) is 14.8 Å². The Bertz CT molecular complexity index is 714. The van der Waals surface area contributed by atoms with Gasteiger partial charge in [-0.1, -0.05) is 17.3 Å². The van der Waals surface area contributed by atoms with Gasteiger partial charge in [-0.3, -0.25) is 0 Å². The maximum Gasteiger partial charge on any atom is 0.242 e. The smallest absolute Gasteiger partial charge is 0.242 e. The monoisotopic (exact) mass is 323 g/mol. The van der Waals surface area contributed by atoms with Crippen LogP contribution in [0.15, 0.2) is 33.7 Å². The van der Waals surface area contributed by atoms with E-state index >= 15 is 0 Å². The van der Waals surface area contributed by atoms with E-state index in [1.54, 1.807) is 12.1 Å². The lowest BCUT2D eigenvalue weighted by Crippen LogP contribution is -2.22. The SMILES string of the molecule is Cc1noc(C)c1CNCc1ccc(S(=O)(=O)N(C)C)cc1. The maximum atomic E-state index is 12.0. The lowest BCUT2D eigenvalue weighted by atomic mass is 10.2. The van der Waals surface area contributed by atoms with Gasteiger partial charge in [-0.25, -0.2) is 12.7 Å². The van der Waals surface area contributed by atoms with Crippen LogP contribution < -0.4 is 5.32 Å². The highest BCUT2D eigenvalue weighted by Gasteiger charge is 2.16. The molecule has 0 unspecified atom stereocenters. The van der Waals surface area contributed by atoms with E-state index in [-0.39, 0.29) is 0 Å². The normalized spacial score (nSPS) is 12.0. The molecule has 0 spiro atoms. The zero-order valence-corrected chi connectivity index (χ0v) is 14.1. The van der Waals surface area contributed by atoms with E-state index in [0.717, 1.165) is 22.6 Å². The number of hydrogen-bond acceptors (Lipinski definition) is 5. The van der Waals surface area contributed by atoms with Crippen LogP contribution in [0.25, 0.3) is 0 Å². The van der Waals surface area contributed by atoms with Crippen molar-refractivity contribution >= 4 is 10.0 Å². The van der Waals surface area contributed by atoms with Gasteiger partial charge in [-0.15, -0.1) is 0 Å². The first-order valence-corrected chi connectivity index (χ1v) is 8.40. The Morgan fingerprint density at radius 2 is 1.77 bits per heavy atom. The van der Waals surface area contributed by atoms with Crippen LogP contribution in [0.4, 0.5) is 0 Å². The molecule has 0 fully saturated rings. The van der Waals surface area contributed by atoms with Gasteiger partial charge in [0.15, 0.2) is 0 Å². The molecule has 22 heavy (non-hydrogen) atoms. The lowest BCUT2D eigenvalue weighted by molar-refractivity contribution is 0.392. The molecule has 0 bridgehead atoms. The first kappa shape index (κ1) is 16.7. The molecule has 1 aromatic heterocycles. The first-order valence-electron chi connectivity index (χ1n) is 6.96. The number of nitrogens with zero attached hydrogens (tertiary/aromatic N) is 2. The highest BCUT2D eigenvalue weighted by molar-refractivity contribution is 7.89. The number of rotatable bonds is 6. The number of nitrogens with one attached hydrogen (secondary N) is 1. The summed E-state index contributed by atoms with van der Waals surface area (Å²) in [6.07, 6.45) is 0. The predicted molar refractivity (Wildman–Crippen MR) is 83.8 cm³/mol. The summed E-state index contributed by atoms with van der Waals surface area (Å²) < 4.78 is 30.3. The quantitative estimate of drug-likeness (QED) is 0.878. The van der Waals surface area contributed by atoms with Crippen molar-refractivity contribution in [2.24, 2.45) is 0 Å². The molecule has 6 nitrogen and oxygen atoms in total. The van der Waals surface area contributed by atoms with Gasteiger partial charge in [0.2, 0.25) is 10.0 Å². The van der Waals surface area contributed by atoms with E-state index in [9.17, 15) is 8.42 Å². The summed E-state index contributed by atoms with van der Waals surface area (Å²) in [5.41, 5.74) is 2.97. The van der Waals surface area contributed by atoms with Gasteiger partial charge < -0.3 is 9.84 Å². The Morgan fingerprint density at radius 1 is 1.14 bits per heavy atom. The van der Waals surface area contributed by atoms with E-state index < -0.39 is 10.0 Å². The fourth-order valence-corrected chi connectivity index (χ4v) is 2.98. The molecule has 120 valence electrons. The molecule has 0 aliphatic heterocycles. The van der Waals surface area contributed by atoms with Gasteiger partial charge in [-0.2, -0.15) is 0 Å². The van der Waals surface area contributed by atoms with Crippen molar-refractivity contribution < 1.29 is 12.9 Å². The molecule has 1 heterocycles. The Labute approximate surface area is 131 Å². The molecule has 7 heteroatoms. The largest absolute Gasteiger partial charge is 0.361 e. The van der Waals surface area contributed by atoms with Crippen LogP contribution in [0, 0.1) is 13.8 Å². The molecule has 0 amide bonds. The molecule has 2 aromatic rings. The second kappa shape index (κ2) is 6.60. The van der Waals surface area contributed by atoms with Crippen LogP contribution >= 0.6 is 0 Å². The molecular weight excluding hydrogens is 302 g/mol. The standard InChI is InChI=1S/C15H21N3O3S/c1-11-15(12(2)21-17-11)10-16-9-13-5-7-14(8-6-13)22(19,20)18(3)4/h5-8,16H,9-10H2,1-4H3. The minimum atomic E-state index is -3.37. The van der Waals surface area contributed by atoms with Gasteiger partial charge in [0.25, 0.3) is 0 Å². The van der Waals surface area contributed by atoms with Crippen LogP contribution in [0.1, 0.15) is 22.6 Å². The van der Waals surface area contributed by atoms with Crippen molar-refractivity contribution in [3.8, 4) is 0 Å². The summed E-state index contributed by atoms with van der Waals surface area (Å²) >= 11 is 0. The van der Waals surface area contributed by atoms with Gasteiger partial charge in [0, 0.05) is 32.7 Å². The fraction of sp³-hybridized carbons (Fsp3) is 0.400. The van der Waals surface area contributed by atoms with Gasteiger partial charge in [-0.05, 0) is 31.5 Å². The van der Waals surface area contributed by atoms with Crippen LogP contribution in [0.5, 0.6) is 0 Å². The zero-order valence-electron chi connectivity index (χ0n) is 13.3. The van der Waals surface area contributed by atoms with Crippen molar-refractivity contribution in [3.63, 3.8) is 0 Å². The minimum absolute atomic E-state index is 0.298. The summed E-state index contributed by atoms with van der Waals surface area (Å²) in [6.45, 7) is 5.11. The second-order valence-corrected chi connectivity index (χ2v) is 7.49. The van der Waals surface area contributed by atoms with Crippen molar-refractivity contribution in [3.05, 3.63) is 46.8 Å². The second-order valence-electron chi connectivity index (χ2n) is 5.34. The third kappa shape index (κ3) is 3.55. The summed E-state index contributed by atoms with van der Waals surface area (Å²) in [4.78, 5) is 0.298. The first-order chi connectivity index (χ1) is 10.3. The number of hydrogen-bond donors (Lipinski definition) is 1. The van der Waals surface area contributed by atoms with E-state index in [2.05, 4.69) is 10.5 Å². The minimum Gasteiger partial charge on any atom is -0.361 e. The molecule has 0 saturated carbocycles. The molecule has 0 saturated heterocycles. The van der Waals surface area contributed by atoms with Gasteiger partial charge in [0.05, 0.1) is 10.6 Å². The van der Waals surface area contributed by atoms with E-state index in [1.165, 1.54) is 18.4 Å². The van der Waals surface area contributed by atoms with Crippen LogP contribution in [-0.2, 0) is 23.1 Å². The van der Waals surface area contributed by atoms with Gasteiger partial charge in [0.1, 0.15) is 5.76 Å². The third-order valence-electron chi connectivity index (χ3n) is 3.51. The highest BCUT2D eigenvalue weighted by atomic mass is 32.2. The average Bonchev–Trinajstić information content (AvgIpc) is 2.79. The third-order valence-corrected chi connectivity index (χ3v) is 5.34. The van der Waals surface area contributed by atoms with E-state index in [4.69, 9.17) is 4.52 Å². The molecule has 2 rings (SSSR count). The van der Waals surface area contributed by atoms with Crippen LogP contribution in [0.3, 0.4) is 0 Å². The number of benzene rings is 1. The summed E-state index contributed by atoms with van der Waals surface area (Å²) in [5.74, 6) is 0.817. The van der Waals surface area contributed by atoms with E-state index in [0.29, 0.717) is 18.0 Å². The maximum absolute atomic E-state index is 12.0. The fourth-order valence-electron chi connectivity index (χ4n) is 2.08. The Balaban J connectivity index is 1.98. The molecular formula is C15H21N3O3S. The Morgan fingerprint density at radius 3 is 2.27 bits per heavy atom. The molecule has 0 aliphatic carbocycles. The summed E-state index contributed by atoms with van der Waals surface area (Å²) in [5, 5.41) is 7.22. The average molecular weight is 323 g/mol. The summed E-state index contributed by atoms with van der Waals surface area (Å²) in [6, 6.07) is 6.89. The number of sulfonamides is 1. The highest BCUT2D eigenvalue weighted by Crippen LogP contribution is 2.15. The van der Waals surface area contributed by atoms with Gasteiger partial charge >= 0.3 is 0 Å².